The lowest BCUT2D eigenvalue weighted by Gasteiger charge is -2.18. The summed E-state index contributed by atoms with van der Waals surface area (Å²) in [7, 11) is 0. The summed E-state index contributed by atoms with van der Waals surface area (Å²) in [6.07, 6.45) is 2.56. The highest BCUT2D eigenvalue weighted by Gasteiger charge is 2.27. The molecule has 0 saturated carbocycles. The van der Waals surface area contributed by atoms with Crippen molar-refractivity contribution in [1.82, 2.24) is 0 Å². The summed E-state index contributed by atoms with van der Waals surface area (Å²) in [6, 6.07) is 16.9. The number of fused-ring (bicyclic) bond motifs is 1. The Morgan fingerprint density at radius 1 is 1.00 bits per heavy atom. The van der Waals surface area contributed by atoms with Crippen LogP contribution in [0.2, 0.25) is 0 Å². The Kier molecular flexibility index (Phi) is 3.39. The second-order valence-electron chi connectivity index (χ2n) is 5.63. The SMILES string of the molecule is Cc1ccccc1CC(O)C1Cc2ccccc2C1. The van der Waals surface area contributed by atoms with Crippen molar-refractivity contribution in [3.63, 3.8) is 0 Å². The molecule has 0 radical (unpaired) electrons. The van der Waals surface area contributed by atoms with Gasteiger partial charge in [0.15, 0.2) is 0 Å². The largest absolute Gasteiger partial charge is 0.392 e. The monoisotopic (exact) mass is 252 g/mol. The third kappa shape index (κ3) is 2.57. The Morgan fingerprint density at radius 2 is 1.58 bits per heavy atom. The second kappa shape index (κ2) is 5.18. The Hall–Kier alpha value is -1.60. The summed E-state index contributed by atoms with van der Waals surface area (Å²) in [4.78, 5) is 0. The number of rotatable bonds is 3. The molecule has 1 nitrogen and oxygen atoms in total. The van der Waals surface area contributed by atoms with Gasteiger partial charge in [-0.15, -0.1) is 0 Å². The van der Waals surface area contributed by atoms with Gasteiger partial charge in [-0.25, -0.2) is 0 Å². The minimum Gasteiger partial charge on any atom is -0.392 e. The van der Waals surface area contributed by atoms with Gasteiger partial charge in [-0.2, -0.15) is 0 Å². The maximum Gasteiger partial charge on any atom is 0.0615 e. The quantitative estimate of drug-likeness (QED) is 0.888. The summed E-state index contributed by atoms with van der Waals surface area (Å²) in [6.45, 7) is 2.12. The van der Waals surface area contributed by atoms with Crippen LogP contribution in [0.3, 0.4) is 0 Å². The van der Waals surface area contributed by atoms with E-state index in [4.69, 9.17) is 0 Å². The molecule has 0 bridgehead atoms. The Balaban J connectivity index is 1.70. The lowest BCUT2D eigenvalue weighted by Crippen LogP contribution is -2.23. The van der Waals surface area contributed by atoms with Gasteiger partial charge in [0.2, 0.25) is 0 Å². The zero-order chi connectivity index (χ0) is 13.2. The van der Waals surface area contributed by atoms with Crippen molar-refractivity contribution in [2.45, 2.75) is 32.3 Å². The first-order chi connectivity index (χ1) is 9.24. The first-order valence-corrected chi connectivity index (χ1v) is 7.03. The van der Waals surface area contributed by atoms with Gasteiger partial charge in [0, 0.05) is 0 Å². The topological polar surface area (TPSA) is 20.2 Å². The molecule has 2 aromatic rings. The van der Waals surface area contributed by atoms with E-state index in [1.807, 2.05) is 0 Å². The zero-order valence-electron chi connectivity index (χ0n) is 11.3. The van der Waals surface area contributed by atoms with Crippen molar-refractivity contribution < 1.29 is 5.11 Å². The standard InChI is InChI=1S/C18H20O/c1-13-6-2-3-7-14(13)12-18(19)17-10-15-8-4-5-9-16(15)11-17/h2-9,17-19H,10-12H2,1H3. The van der Waals surface area contributed by atoms with E-state index >= 15 is 0 Å². The first-order valence-electron chi connectivity index (χ1n) is 7.03. The van der Waals surface area contributed by atoms with Crippen molar-refractivity contribution >= 4 is 0 Å². The van der Waals surface area contributed by atoms with E-state index in [-0.39, 0.29) is 6.10 Å². The molecule has 19 heavy (non-hydrogen) atoms. The minimum atomic E-state index is -0.242. The summed E-state index contributed by atoms with van der Waals surface area (Å²) in [5.74, 6) is 0.372. The molecule has 2 aromatic carbocycles. The maximum absolute atomic E-state index is 10.5. The molecule has 0 fully saturated rings. The van der Waals surface area contributed by atoms with Crippen LogP contribution < -0.4 is 0 Å². The molecule has 98 valence electrons. The lowest BCUT2D eigenvalue weighted by atomic mass is 9.92. The van der Waals surface area contributed by atoms with Crippen LogP contribution in [0, 0.1) is 12.8 Å². The van der Waals surface area contributed by atoms with Gasteiger partial charge in [0.05, 0.1) is 6.10 Å². The number of hydrogen-bond donors (Lipinski definition) is 1. The molecule has 1 aliphatic carbocycles. The van der Waals surface area contributed by atoms with Crippen LogP contribution >= 0.6 is 0 Å². The van der Waals surface area contributed by atoms with E-state index in [1.54, 1.807) is 0 Å². The van der Waals surface area contributed by atoms with Crippen LogP contribution in [0.15, 0.2) is 48.5 Å². The molecule has 1 unspecified atom stereocenters. The molecule has 1 N–H and O–H groups in total. The van der Waals surface area contributed by atoms with Crippen LogP contribution in [0.5, 0.6) is 0 Å². The smallest absolute Gasteiger partial charge is 0.0615 e. The van der Waals surface area contributed by atoms with E-state index in [2.05, 4.69) is 55.5 Å². The fraction of sp³-hybridized carbons (Fsp3) is 0.333. The number of aliphatic hydroxyl groups is 1. The van der Waals surface area contributed by atoms with Gasteiger partial charge in [0.25, 0.3) is 0 Å². The molecular formula is C18H20O. The highest BCUT2D eigenvalue weighted by Crippen LogP contribution is 2.30. The fourth-order valence-corrected chi connectivity index (χ4v) is 3.10. The van der Waals surface area contributed by atoms with Crippen LogP contribution in [-0.4, -0.2) is 11.2 Å². The average Bonchev–Trinajstić information content (AvgIpc) is 2.85. The molecule has 0 aromatic heterocycles. The van der Waals surface area contributed by atoms with Crippen LogP contribution in [-0.2, 0) is 19.3 Å². The molecule has 3 rings (SSSR count). The van der Waals surface area contributed by atoms with Gasteiger partial charge in [-0.1, -0.05) is 48.5 Å². The van der Waals surface area contributed by atoms with Crippen molar-refractivity contribution in [3.8, 4) is 0 Å². The molecule has 0 amide bonds. The Labute approximate surface area is 114 Å². The summed E-state index contributed by atoms with van der Waals surface area (Å²) >= 11 is 0. The van der Waals surface area contributed by atoms with E-state index in [0.29, 0.717) is 5.92 Å². The second-order valence-corrected chi connectivity index (χ2v) is 5.63. The van der Waals surface area contributed by atoms with Crippen molar-refractivity contribution in [2.24, 2.45) is 5.92 Å². The van der Waals surface area contributed by atoms with Gasteiger partial charge >= 0.3 is 0 Å². The molecular weight excluding hydrogens is 232 g/mol. The third-order valence-electron chi connectivity index (χ3n) is 4.32. The van der Waals surface area contributed by atoms with Crippen molar-refractivity contribution in [3.05, 3.63) is 70.8 Å². The van der Waals surface area contributed by atoms with E-state index < -0.39 is 0 Å². The number of aryl methyl sites for hydroxylation is 1. The fourth-order valence-electron chi connectivity index (χ4n) is 3.10. The predicted molar refractivity (Wildman–Crippen MR) is 78.2 cm³/mol. The molecule has 1 atom stereocenters. The van der Waals surface area contributed by atoms with Crippen molar-refractivity contribution in [1.29, 1.82) is 0 Å². The van der Waals surface area contributed by atoms with Gasteiger partial charge in [-0.05, 0) is 54.4 Å². The Morgan fingerprint density at radius 3 is 2.21 bits per heavy atom. The normalized spacial score (nSPS) is 16.3. The average molecular weight is 252 g/mol. The third-order valence-corrected chi connectivity index (χ3v) is 4.32. The van der Waals surface area contributed by atoms with Crippen LogP contribution in [0.4, 0.5) is 0 Å². The van der Waals surface area contributed by atoms with E-state index in [0.717, 1.165) is 19.3 Å². The molecule has 0 spiro atoms. The van der Waals surface area contributed by atoms with Crippen molar-refractivity contribution in [2.75, 3.05) is 0 Å². The van der Waals surface area contributed by atoms with E-state index in [1.165, 1.54) is 22.3 Å². The minimum absolute atomic E-state index is 0.242. The summed E-state index contributed by atoms with van der Waals surface area (Å²) in [5, 5.41) is 10.5. The summed E-state index contributed by atoms with van der Waals surface area (Å²) in [5.41, 5.74) is 5.37. The maximum atomic E-state index is 10.5. The number of hydrogen-bond acceptors (Lipinski definition) is 1. The van der Waals surface area contributed by atoms with Gasteiger partial charge < -0.3 is 5.11 Å². The molecule has 0 saturated heterocycles. The predicted octanol–water partition coefficient (Wildman–Crippen LogP) is 3.31. The van der Waals surface area contributed by atoms with E-state index in [9.17, 15) is 5.11 Å². The van der Waals surface area contributed by atoms with Crippen LogP contribution in [0.25, 0.3) is 0 Å². The highest BCUT2D eigenvalue weighted by molar-refractivity contribution is 5.33. The number of benzene rings is 2. The highest BCUT2D eigenvalue weighted by atomic mass is 16.3. The molecule has 0 aliphatic heterocycles. The Bertz CT molecular complexity index is 548. The number of aliphatic hydroxyl groups excluding tert-OH is 1. The first kappa shape index (κ1) is 12.4. The van der Waals surface area contributed by atoms with Gasteiger partial charge in [-0.3, -0.25) is 0 Å². The van der Waals surface area contributed by atoms with Crippen LogP contribution in [0.1, 0.15) is 22.3 Å². The molecule has 1 aliphatic rings. The molecule has 0 heterocycles. The lowest BCUT2D eigenvalue weighted by molar-refractivity contribution is 0.112. The summed E-state index contributed by atoms with van der Waals surface area (Å²) < 4.78 is 0. The molecule has 1 heteroatoms. The van der Waals surface area contributed by atoms with Gasteiger partial charge in [0.1, 0.15) is 0 Å². The zero-order valence-corrected chi connectivity index (χ0v) is 11.3.